The molecule has 0 bridgehead atoms. The monoisotopic (exact) mass is 627 g/mol. The van der Waals surface area contributed by atoms with Gasteiger partial charge in [0.15, 0.2) is 0 Å². The lowest BCUT2D eigenvalue weighted by atomic mass is 9.79. The highest BCUT2D eigenvalue weighted by Gasteiger charge is 2.39. The second kappa shape index (κ2) is 9.94. The fraction of sp³-hybridized carbons (Fsp3) is 0.125. The first kappa shape index (κ1) is 28.4. The highest BCUT2D eigenvalue weighted by molar-refractivity contribution is 6.22. The smallest absolute Gasteiger partial charge is 0.0508 e. The van der Waals surface area contributed by atoms with Crippen LogP contribution in [0.4, 0.5) is 17.1 Å². The molecular formula is C48H37N. The molecule has 49 heavy (non-hydrogen) atoms. The Balaban J connectivity index is 1.20. The summed E-state index contributed by atoms with van der Waals surface area (Å²) in [6.45, 7) is 9.51. The molecule has 0 aliphatic heterocycles. The van der Waals surface area contributed by atoms with Crippen LogP contribution in [0.3, 0.4) is 0 Å². The Labute approximate surface area is 288 Å². The van der Waals surface area contributed by atoms with E-state index >= 15 is 0 Å². The average molecular weight is 628 g/mol. The van der Waals surface area contributed by atoms with Gasteiger partial charge in [-0.25, -0.2) is 0 Å². The lowest BCUT2D eigenvalue weighted by Gasteiger charge is -2.32. The molecule has 2 aliphatic carbocycles. The molecule has 0 heterocycles. The van der Waals surface area contributed by atoms with E-state index in [1.807, 2.05) is 0 Å². The number of rotatable bonds is 3. The van der Waals surface area contributed by atoms with Crippen molar-refractivity contribution < 1.29 is 0 Å². The van der Waals surface area contributed by atoms with Crippen LogP contribution < -0.4 is 4.90 Å². The van der Waals surface area contributed by atoms with E-state index in [1.165, 1.54) is 82.5 Å². The van der Waals surface area contributed by atoms with Crippen LogP contribution >= 0.6 is 0 Å². The topological polar surface area (TPSA) is 3.24 Å². The van der Waals surface area contributed by atoms with Crippen LogP contribution in [0.15, 0.2) is 152 Å². The van der Waals surface area contributed by atoms with Gasteiger partial charge in [0.2, 0.25) is 0 Å². The lowest BCUT2D eigenvalue weighted by Crippen LogP contribution is -2.20. The Bertz CT molecular complexity index is 2660. The van der Waals surface area contributed by atoms with Gasteiger partial charge in [0.25, 0.3) is 0 Å². The zero-order chi connectivity index (χ0) is 33.1. The van der Waals surface area contributed by atoms with Gasteiger partial charge in [0, 0.05) is 22.2 Å². The Morgan fingerprint density at radius 1 is 0.388 bits per heavy atom. The highest BCUT2D eigenvalue weighted by atomic mass is 15.1. The molecule has 0 atom stereocenters. The molecule has 234 valence electrons. The number of fused-ring (bicyclic) bond motifs is 12. The van der Waals surface area contributed by atoms with Crippen molar-refractivity contribution in [2.24, 2.45) is 0 Å². The van der Waals surface area contributed by atoms with E-state index < -0.39 is 0 Å². The molecule has 0 fully saturated rings. The van der Waals surface area contributed by atoms with Gasteiger partial charge in [-0.1, -0.05) is 149 Å². The van der Waals surface area contributed by atoms with Crippen molar-refractivity contribution in [2.45, 2.75) is 38.5 Å². The highest BCUT2D eigenvalue weighted by Crippen LogP contribution is 2.55. The third kappa shape index (κ3) is 3.82. The van der Waals surface area contributed by atoms with Crippen molar-refractivity contribution in [1.29, 1.82) is 0 Å². The molecule has 1 heteroatoms. The number of hydrogen-bond donors (Lipinski definition) is 0. The SMILES string of the molecule is CC1(C)c2ccccc2-c2cccc(N(c3ccccc3)c3ccc4c(ccc5ccc6c7c(ccc6c54)-c4ccccc4C7(C)C)c3)c21. The normalized spacial score (nSPS) is 14.9. The van der Waals surface area contributed by atoms with Crippen molar-refractivity contribution in [3.05, 3.63) is 174 Å². The molecule has 0 N–H and O–H groups in total. The summed E-state index contributed by atoms with van der Waals surface area (Å²) in [5, 5.41) is 7.84. The quantitative estimate of drug-likeness (QED) is 0.176. The van der Waals surface area contributed by atoms with Gasteiger partial charge in [-0.15, -0.1) is 0 Å². The van der Waals surface area contributed by atoms with E-state index in [0.29, 0.717) is 0 Å². The molecule has 1 nitrogen and oxygen atoms in total. The van der Waals surface area contributed by atoms with Crippen LogP contribution in [-0.2, 0) is 10.8 Å². The Morgan fingerprint density at radius 2 is 0.959 bits per heavy atom. The van der Waals surface area contributed by atoms with E-state index in [2.05, 4.69) is 184 Å². The van der Waals surface area contributed by atoms with Crippen LogP contribution in [-0.4, -0.2) is 0 Å². The van der Waals surface area contributed by atoms with Gasteiger partial charge < -0.3 is 4.90 Å². The molecule has 10 rings (SSSR count). The van der Waals surface area contributed by atoms with Crippen LogP contribution in [0.1, 0.15) is 49.9 Å². The van der Waals surface area contributed by atoms with Gasteiger partial charge in [-0.2, -0.15) is 0 Å². The van der Waals surface area contributed by atoms with Crippen molar-refractivity contribution in [1.82, 2.24) is 0 Å². The summed E-state index contributed by atoms with van der Waals surface area (Å²) in [4.78, 5) is 2.46. The molecule has 0 radical (unpaired) electrons. The Morgan fingerprint density at radius 3 is 1.71 bits per heavy atom. The molecule has 8 aromatic rings. The molecule has 0 amide bonds. The summed E-state index contributed by atoms with van der Waals surface area (Å²) in [5.74, 6) is 0. The number of para-hydroxylation sites is 1. The maximum absolute atomic E-state index is 2.46. The minimum absolute atomic E-state index is 0.0591. The Hall–Kier alpha value is -5.66. The van der Waals surface area contributed by atoms with Crippen molar-refractivity contribution in [3.63, 3.8) is 0 Å². The molecule has 8 aromatic carbocycles. The zero-order valence-corrected chi connectivity index (χ0v) is 28.4. The molecule has 0 saturated heterocycles. The fourth-order valence-electron chi connectivity index (χ4n) is 9.40. The lowest BCUT2D eigenvalue weighted by molar-refractivity contribution is 0.661. The van der Waals surface area contributed by atoms with Crippen molar-refractivity contribution in [3.8, 4) is 22.3 Å². The predicted molar refractivity (Wildman–Crippen MR) is 209 cm³/mol. The van der Waals surface area contributed by atoms with Crippen LogP contribution in [0.2, 0.25) is 0 Å². The maximum atomic E-state index is 2.46. The number of hydrogen-bond acceptors (Lipinski definition) is 1. The van der Waals surface area contributed by atoms with E-state index in [4.69, 9.17) is 0 Å². The van der Waals surface area contributed by atoms with Crippen LogP contribution in [0.5, 0.6) is 0 Å². The van der Waals surface area contributed by atoms with Gasteiger partial charge in [0.05, 0.1) is 5.69 Å². The van der Waals surface area contributed by atoms with E-state index in [0.717, 1.165) is 11.4 Å². The standard InChI is InChI=1S/C48H37N/c1-47(2)41-18-10-9-16-36(41)39-28-27-37-40(45(39)47)25-23-30-21-22-31-29-33(24-26-34(31)44(30)37)49(32-13-6-5-7-14-32)43-20-12-17-38-35-15-8-11-19-42(35)48(3,4)46(38)43/h5-29H,1-4H3. The largest absolute Gasteiger partial charge is 0.310 e. The second-order valence-corrected chi connectivity index (χ2v) is 14.9. The summed E-state index contributed by atoms with van der Waals surface area (Å²) in [6.07, 6.45) is 0. The minimum Gasteiger partial charge on any atom is -0.310 e. The van der Waals surface area contributed by atoms with Crippen molar-refractivity contribution >= 4 is 49.4 Å². The number of benzene rings is 8. The van der Waals surface area contributed by atoms with E-state index in [1.54, 1.807) is 0 Å². The van der Waals surface area contributed by atoms with Crippen LogP contribution in [0.25, 0.3) is 54.6 Å². The van der Waals surface area contributed by atoms with Gasteiger partial charge in [-0.05, 0) is 107 Å². The van der Waals surface area contributed by atoms with Gasteiger partial charge in [-0.3, -0.25) is 0 Å². The molecule has 0 spiro atoms. The molecule has 0 saturated carbocycles. The number of nitrogens with zero attached hydrogens (tertiary/aromatic N) is 1. The Kier molecular flexibility index (Phi) is 5.75. The first-order valence-electron chi connectivity index (χ1n) is 17.5. The summed E-state index contributed by atoms with van der Waals surface area (Å²) >= 11 is 0. The summed E-state index contributed by atoms with van der Waals surface area (Å²) < 4.78 is 0. The second-order valence-electron chi connectivity index (χ2n) is 14.9. The van der Waals surface area contributed by atoms with E-state index in [-0.39, 0.29) is 10.8 Å². The molecule has 0 unspecified atom stereocenters. The van der Waals surface area contributed by atoms with Crippen molar-refractivity contribution in [2.75, 3.05) is 4.90 Å². The first-order valence-corrected chi connectivity index (χ1v) is 17.5. The summed E-state index contributed by atoms with van der Waals surface area (Å²) in [6, 6.07) is 56.6. The third-order valence-electron chi connectivity index (χ3n) is 11.6. The minimum atomic E-state index is -0.130. The molecule has 2 aliphatic rings. The van der Waals surface area contributed by atoms with Gasteiger partial charge in [0.1, 0.15) is 0 Å². The van der Waals surface area contributed by atoms with E-state index in [9.17, 15) is 0 Å². The molecule has 0 aromatic heterocycles. The maximum Gasteiger partial charge on any atom is 0.0508 e. The summed E-state index contributed by atoms with van der Waals surface area (Å²) in [5.41, 5.74) is 14.4. The number of anilines is 3. The molecular weight excluding hydrogens is 591 g/mol. The van der Waals surface area contributed by atoms with Gasteiger partial charge >= 0.3 is 0 Å². The summed E-state index contributed by atoms with van der Waals surface area (Å²) in [7, 11) is 0. The third-order valence-corrected chi connectivity index (χ3v) is 11.6. The zero-order valence-electron chi connectivity index (χ0n) is 28.4. The predicted octanol–water partition coefficient (Wildman–Crippen LogP) is 13.2. The first-order chi connectivity index (χ1) is 23.8. The van der Waals surface area contributed by atoms with Crippen LogP contribution in [0, 0.1) is 0 Å². The average Bonchev–Trinajstić information content (AvgIpc) is 3.52. The fourth-order valence-corrected chi connectivity index (χ4v) is 9.40.